The first-order valence-corrected chi connectivity index (χ1v) is 5.38. The Labute approximate surface area is 89.8 Å². The lowest BCUT2D eigenvalue weighted by Crippen LogP contribution is -2.47. The summed E-state index contributed by atoms with van der Waals surface area (Å²) in [7, 11) is 0. The van der Waals surface area contributed by atoms with Gasteiger partial charge in [-0.05, 0) is 32.0 Å². The van der Waals surface area contributed by atoms with Crippen molar-refractivity contribution < 1.29 is 4.79 Å². The lowest BCUT2D eigenvalue weighted by molar-refractivity contribution is -0.122. The quantitative estimate of drug-likeness (QED) is 0.640. The molecule has 0 radical (unpaired) electrons. The predicted octanol–water partition coefficient (Wildman–Crippen LogP) is 0.0781. The summed E-state index contributed by atoms with van der Waals surface area (Å²) in [5.74, 6) is -0.255. The van der Waals surface area contributed by atoms with E-state index >= 15 is 0 Å². The highest BCUT2D eigenvalue weighted by Gasteiger charge is 2.24. The lowest BCUT2D eigenvalue weighted by atomic mass is 9.98. The SMILES string of the molecule is CCNC(=S)N1CCC[C@@H](C(N)=O)C1. The number of hydrogen-bond acceptors (Lipinski definition) is 2. The molecule has 1 heterocycles. The molecule has 1 fully saturated rings. The second-order valence-corrected chi connectivity index (χ2v) is 3.91. The second kappa shape index (κ2) is 5.14. The molecule has 0 unspecified atom stereocenters. The van der Waals surface area contributed by atoms with Gasteiger partial charge in [0.2, 0.25) is 5.91 Å². The highest BCUT2D eigenvalue weighted by atomic mass is 32.1. The van der Waals surface area contributed by atoms with Gasteiger partial charge < -0.3 is 16.0 Å². The molecule has 0 saturated carbocycles. The van der Waals surface area contributed by atoms with Gasteiger partial charge in [-0.1, -0.05) is 0 Å². The van der Waals surface area contributed by atoms with Crippen molar-refractivity contribution >= 4 is 23.2 Å². The Kier molecular flexibility index (Phi) is 4.13. The van der Waals surface area contributed by atoms with Crippen molar-refractivity contribution in [3.8, 4) is 0 Å². The van der Waals surface area contributed by atoms with E-state index in [4.69, 9.17) is 18.0 Å². The average molecular weight is 215 g/mol. The smallest absolute Gasteiger partial charge is 0.222 e. The van der Waals surface area contributed by atoms with E-state index in [2.05, 4.69) is 5.32 Å². The zero-order valence-corrected chi connectivity index (χ0v) is 9.27. The third-order valence-corrected chi connectivity index (χ3v) is 2.84. The highest BCUT2D eigenvalue weighted by Crippen LogP contribution is 2.15. The van der Waals surface area contributed by atoms with E-state index in [1.165, 1.54) is 0 Å². The van der Waals surface area contributed by atoms with Gasteiger partial charge in [-0.15, -0.1) is 0 Å². The molecule has 0 aliphatic carbocycles. The zero-order chi connectivity index (χ0) is 10.6. The summed E-state index contributed by atoms with van der Waals surface area (Å²) >= 11 is 5.18. The Morgan fingerprint density at radius 1 is 1.71 bits per heavy atom. The van der Waals surface area contributed by atoms with Crippen molar-refractivity contribution in [3.63, 3.8) is 0 Å². The molecule has 0 spiro atoms. The summed E-state index contributed by atoms with van der Waals surface area (Å²) in [5, 5.41) is 3.81. The average Bonchev–Trinajstić information content (AvgIpc) is 2.18. The molecule has 3 N–H and O–H groups in total. The Morgan fingerprint density at radius 3 is 3.00 bits per heavy atom. The van der Waals surface area contributed by atoms with Crippen LogP contribution in [0.2, 0.25) is 0 Å². The van der Waals surface area contributed by atoms with Gasteiger partial charge in [0.1, 0.15) is 0 Å². The Morgan fingerprint density at radius 2 is 2.43 bits per heavy atom. The number of nitrogens with one attached hydrogen (secondary N) is 1. The van der Waals surface area contributed by atoms with Crippen LogP contribution in [0.1, 0.15) is 19.8 Å². The minimum atomic E-state index is -0.214. The number of thiocarbonyl (C=S) groups is 1. The standard InChI is InChI=1S/C9H17N3OS/c1-2-11-9(14)12-5-3-4-7(6-12)8(10)13/h7H,2-6H2,1H3,(H2,10,13)(H,11,14)/t7-/m1/s1. The maximum Gasteiger partial charge on any atom is 0.222 e. The van der Waals surface area contributed by atoms with Crippen molar-refractivity contribution in [2.24, 2.45) is 11.7 Å². The van der Waals surface area contributed by atoms with Crippen LogP contribution in [0.4, 0.5) is 0 Å². The molecule has 0 aromatic carbocycles. The minimum Gasteiger partial charge on any atom is -0.369 e. The topological polar surface area (TPSA) is 58.4 Å². The molecular weight excluding hydrogens is 198 g/mol. The summed E-state index contributed by atoms with van der Waals surface area (Å²) in [6.07, 6.45) is 1.87. The van der Waals surface area contributed by atoms with Crippen LogP contribution in [0, 0.1) is 5.92 Å². The number of nitrogens with two attached hydrogens (primary N) is 1. The normalized spacial score (nSPS) is 21.8. The molecule has 1 saturated heterocycles. The number of hydrogen-bond donors (Lipinski definition) is 2. The fraction of sp³-hybridized carbons (Fsp3) is 0.778. The van der Waals surface area contributed by atoms with Gasteiger partial charge in [0.15, 0.2) is 5.11 Å². The summed E-state index contributed by atoms with van der Waals surface area (Å²) in [6.45, 7) is 4.41. The van der Waals surface area contributed by atoms with Crippen LogP contribution >= 0.6 is 12.2 Å². The molecule has 1 aliphatic rings. The van der Waals surface area contributed by atoms with Gasteiger partial charge in [0.05, 0.1) is 5.92 Å². The number of piperidine rings is 1. The number of rotatable bonds is 2. The number of nitrogens with zero attached hydrogens (tertiary/aromatic N) is 1. The monoisotopic (exact) mass is 215 g/mol. The number of likely N-dealkylation sites (tertiary alicyclic amines) is 1. The van der Waals surface area contributed by atoms with Gasteiger partial charge in [-0.3, -0.25) is 4.79 Å². The maximum absolute atomic E-state index is 11.0. The van der Waals surface area contributed by atoms with Gasteiger partial charge in [0.25, 0.3) is 0 Å². The molecule has 1 rings (SSSR count). The van der Waals surface area contributed by atoms with E-state index in [1.54, 1.807) is 0 Å². The fourth-order valence-electron chi connectivity index (χ4n) is 1.66. The first-order chi connectivity index (χ1) is 6.65. The maximum atomic E-state index is 11.0. The van der Waals surface area contributed by atoms with Crippen LogP contribution in [0.5, 0.6) is 0 Å². The second-order valence-electron chi connectivity index (χ2n) is 3.52. The van der Waals surface area contributed by atoms with Crippen LogP contribution < -0.4 is 11.1 Å². The van der Waals surface area contributed by atoms with Crippen LogP contribution in [0.15, 0.2) is 0 Å². The molecule has 1 atom stereocenters. The van der Waals surface area contributed by atoms with Crippen molar-refractivity contribution in [3.05, 3.63) is 0 Å². The summed E-state index contributed by atoms with van der Waals surface area (Å²) in [4.78, 5) is 13.0. The van der Waals surface area contributed by atoms with Crippen LogP contribution in [-0.2, 0) is 4.79 Å². The van der Waals surface area contributed by atoms with E-state index < -0.39 is 0 Å². The van der Waals surface area contributed by atoms with Gasteiger partial charge in [0, 0.05) is 19.6 Å². The zero-order valence-electron chi connectivity index (χ0n) is 8.45. The summed E-state index contributed by atoms with van der Waals surface area (Å²) in [5.41, 5.74) is 5.27. The van der Waals surface area contributed by atoms with E-state index in [-0.39, 0.29) is 11.8 Å². The molecule has 4 nitrogen and oxygen atoms in total. The van der Waals surface area contributed by atoms with Crippen molar-refractivity contribution in [1.82, 2.24) is 10.2 Å². The lowest BCUT2D eigenvalue weighted by Gasteiger charge is -2.33. The van der Waals surface area contributed by atoms with E-state index in [9.17, 15) is 4.79 Å². The highest BCUT2D eigenvalue weighted by molar-refractivity contribution is 7.80. The number of amides is 1. The minimum absolute atomic E-state index is 0.0413. The number of carbonyl (C=O) groups excluding carboxylic acids is 1. The predicted molar refractivity (Wildman–Crippen MR) is 59.8 cm³/mol. The molecule has 80 valence electrons. The van der Waals surface area contributed by atoms with Crippen LogP contribution in [0.3, 0.4) is 0 Å². The largest absolute Gasteiger partial charge is 0.369 e. The number of primary amides is 1. The molecular formula is C9H17N3OS. The molecule has 14 heavy (non-hydrogen) atoms. The Balaban J connectivity index is 2.47. The Bertz CT molecular complexity index is 232. The molecule has 1 amide bonds. The van der Waals surface area contributed by atoms with Crippen molar-refractivity contribution in [2.45, 2.75) is 19.8 Å². The van der Waals surface area contributed by atoms with Crippen LogP contribution in [-0.4, -0.2) is 35.6 Å². The molecule has 0 aromatic heterocycles. The first kappa shape index (κ1) is 11.2. The first-order valence-electron chi connectivity index (χ1n) is 4.97. The third-order valence-electron chi connectivity index (χ3n) is 2.44. The molecule has 1 aliphatic heterocycles. The molecule has 0 aromatic rings. The molecule has 0 bridgehead atoms. The van der Waals surface area contributed by atoms with Gasteiger partial charge in [-0.25, -0.2) is 0 Å². The third kappa shape index (κ3) is 2.83. The van der Waals surface area contributed by atoms with Gasteiger partial charge >= 0.3 is 0 Å². The van der Waals surface area contributed by atoms with Crippen LogP contribution in [0.25, 0.3) is 0 Å². The van der Waals surface area contributed by atoms with Crippen molar-refractivity contribution in [1.29, 1.82) is 0 Å². The van der Waals surface area contributed by atoms with Gasteiger partial charge in [-0.2, -0.15) is 0 Å². The fourth-order valence-corrected chi connectivity index (χ4v) is 1.97. The van der Waals surface area contributed by atoms with E-state index in [0.29, 0.717) is 6.54 Å². The number of carbonyl (C=O) groups is 1. The molecule has 5 heteroatoms. The Hall–Kier alpha value is -0.840. The van der Waals surface area contributed by atoms with E-state index in [1.807, 2.05) is 11.8 Å². The summed E-state index contributed by atoms with van der Waals surface area (Å²) < 4.78 is 0. The summed E-state index contributed by atoms with van der Waals surface area (Å²) in [6, 6.07) is 0. The van der Waals surface area contributed by atoms with E-state index in [0.717, 1.165) is 31.0 Å². The van der Waals surface area contributed by atoms with Crippen molar-refractivity contribution in [2.75, 3.05) is 19.6 Å².